The Morgan fingerprint density at radius 3 is 1.84 bits per heavy atom. The van der Waals surface area contributed by atoms with Crippen LogP contribution in [0.1, 0.15) is 30.4 Å². The SMILES string of the molecule is C1=CC2=C(CC1)N(c1ccc3c(-c4ccc5c(c4)CCC=C5)c4cc(N5c6ccccc6Oc6ccccc65)ccc4c(-c4ccccn4)c3c1)c1ccccc1O2. The highest BCUT2D eigenvalue weighted by atomic mass is 16.5. The number of aryl methyl sites for hydroxylation is 1. The molecule has 0 radical (unpaired) electrons. The standard InChI is InChI=1S/C53H37N3O2/c1-2-14-35-31-36(25-24-34(35)13-1)52-39-28-26-38(56-46-18-5-9-22-50(46)58-51-23-10-6-19-47(51)56)33-42(39)53(43-15-11-12-30-54-43)40-29-27-37(32-41(40)52)55-44-16-3-7-20-48(44)57-49-21-8-4-17-45(49)55/h1,3-5,7-13,15-18,20-33H,2,6,14,19H2. The molecule has 0 atom stereocenters. The summed E-state index contributed by atoms with van der Waals surface area (Å²) < 4.78 is 12.9. The molecular weight excluding hydrogens is 711 g/mol. The molecule has 0 saturated heterocycles. The van der Waals surface area contributed by atoms with Crippen LogP contribution in [0.25, 0.3) is 50.0 Å². The summed E-state index contributed by atoms with van der Waals surface area (Å²) in [6.45, 7) is 0. The van der Waals surface area contributed by atoms with Gasteiger partial charge in [0.25, 0.3) is 0 Å². The molecule has 4 aliphatic rings. The molecule has 12 rings (SSSR count). The summed E-state index contributed by atoms with van der Waals surface area (Å²) in [5, 5.41) is 4.66. The summed E-state index contributed by atoms with van der Waals surface area (Å²) in [6.07, 6.45) is 14.7. The zero-order chi connectivity index (χ0) is 38.2. The fraction of sp³-hybridized carbons (Fsp3) is 0.0755. The van der Waals surface area contributed by atoms with E-state index >= 15 is 0 Å². The van der Waals surface area contributed by atoms with Crippen LogP contribution < -0.4 is 19.3 Å². The number of hydrogen-bond acceptors (Lipinski definition) is 5. The maximum Gasteiger partial charge on any atom is 0.151 e. The number of allylic oxidation sites excluding steroid dienone is 4. The van der Waals surface area contributed by atoms with Crippen molar-refractivity contribution in [2.75, 3.05) is 9.80 Å². The normalized spacial score (nSPS) is 15.0. The number of fused-ring (bicyclic) bond motifs is 6. The summed E-state index contributed by atoms with van der Waals surface area (Å²) in [7, 11) is 0. The van der Waals surface area contributed by atoms with Crippen LogP contribution in [0.15, 0.2) is 181 Å². The van der Waals surface area contributed by atoms with E-state index in [1.165, 1.54) is 38.7 Å². The molecule has 7 aromatic carbocycles. The average Bonchev–Trinajstić information content (AvgIpc) is 3.29. The first-order valence-corrected chi connectivity index (χ1v) is 20.1. The predicted octanol–water partition coefficient (Wildman–Crippen LogP) is 14.3. The van der Waals surface area contributed by atoms with Gasteiger partial charge >= 0.3 is 0 Å². The van der Waals surface area contributed by atoms with Crippen LogP contribution in [0.2, 0.25) is 0 Å². The molecule has 0 N–H and O–H groups in total. The third kappa shape index (κ3) is 5.13. The molecule has 1 aromatic heterocycles. The van der Waals surface area contributed by atoms with E-state index in [0.29, 0.717) is 0 Å². The highest BCUT2D eigenvalue weighted by Crippen LogP contribution is 2.53. The summed E-state index contributed by atoms with van der Waals surface area (Å²) in [5.41, 5.74) is 13.6. The lowest BCUT2D eigenvalue weighted by Gasteiger charge is -2.36. The van der Waals surface area contributed by atoms with Crippen molar-refractivity contribution < 1.29 is 9.47 Å². The van der Waals surface area contributed by atoms with Gasteiger partial charge in [0.05, 0.1) is 28.5 Å². The molecule has 0 bridgehead atoms. The van der Waals surface area contributed by atoms with E-state index in [9.17, 15) is 0 Å². The van der Waals surface area contributed by atoms with Crippen LogP contribution in [0.4, 0.5) is 28.4 Å². The number of hydrogen-bond donors (Lipinski definition) is 0. The van der Waals surface area contributed by atoms with E-state index in [2.05, 4.69) is 143 Å². The van der Waals surface area contributed by atoms with Gasteiger partial charge in [-0.15, -0.1) is 0 Å². The Balaban J connectivity index is 1.17. The van der Waals surface area contributed by atoms with E-state index in [1.54, 1.807) is 0 Å². The maximum absolute atomic E-state index is 6.48. The number of benzene rings is 7. The number of rotatable bonds is 4. The molecule has 2 aliphatic carbocycles. The van der Waals surface area contributed by atoms with E-state index in [1.807, 2.05) is 42.6 Å². The molecule has 8 aromatic rings. The van der Waals surface area contributed by atoms with Crippen molar-refractivity contribution in [2.24, 2.45) is 0 Å². The van der Waals surface area contributed by atoms with Crippen LogP contribution in [0, 0.1) is 0 Å². The number of ether oxygens (including phenoxy) is 2. The van der Waals surface area contributed by atoms with Gasteiger partial charge in [-0.1, -0.05) is 91.0 Å². The average molecular weight is 748 g/mol. The van der Waals surface area contributed by atoms with Gasteiger partial charge in [-0.2, -0.15) is 0 Å². The first-order chi connectivity index (χ1) is 28.8. The van der Waals surface area contributed by atoms with Gasteiger partial charge in [0.1, 0.15) is 5.76 Å². The predicted molar refractivity (Wildman–Crippen MR) is 237 cm³/mol. The molecule has 0 unspecified atom stereocenters. The molecule has 58 heavy (non-hydrogen) atoms. The van der Waals surface area contributed by atoms with Crippen LogP contribution >= 0.6 is 0 Å². The zero-order valence-corrected chi connectivity index (χ0v) is 31.7. The molecule has 5 nitrogen and oxygen atoms in total. The Kier molecular flexibility index (Phi) is 7.42. The zero-order valence-electron chi connectivity index (χ0n) is 31.7. The van der Waals surface area contributed by atoms with Gasteiger partial charge in [0.2, 0.25) is 0 Å². The second-order valence-corrected chi connectivity index (χ2v) is 15.3. The van der Waals surface area contributed by atoms with Gasteiger partial charge in [-0.05, 0) is 148 Å². The van der Waals surface area contributed by atoms with Gasteiger partial charge in [0, 0.05) is 23.1 Å². The van der Waals surface area contributed by atoms with E-state index in [4.69, 9.17) is 14.5 Å². The van der Waals surface area contributed by atoms with Gasteiger partial charge in [-0.3, -0.25) is 4.98 Å². The quantitative estimate of drug-likeness (QED) is 0.168. The lowest BCUT2D eigenvalue weighted by Crippen LogP contribution is -2.25. The van der Waals surface area contributed by atoms with Crippen molar-refractivity contribution in [3.05, 3.63) is 193 Å². The minimum atomic E-state index is 0.834. The first-order valence-electron chi connectivity index (χ1n) is 20.1. The molecule has 0 saturated carbocycles. The molecule has 0 amide bonds. The molecule has 0 fully saturated rings. The third-order valence-corrected chi connectivity index (χ3v) is 12.0. The molecule has 3 heterocycles. The van der Waals surface area contributed by atoms with Gasteiger partial charge in [0.15, 0.2) is 17.2 Å². The summed E-state index contributed by atoms with van der Waals surface area (Å²) in [4.78, 5) is 9.78. The summed E-state index contributed by atoms with van der Waals surface area (Å²) in [6, 6.07) is 52.2. The highest BCUT2D eigenvalue weighted by Gasteiger charge is 2.30. The molecule has 5 heteroatoms. The summed E-state index contributed by atoms with van der Waals surface area (Å²) in [5.74, 6) is 3.44. The Hall–Kier alpha value is -7.37. The lowest BCUT2D eigenvalue weighted by molar-refractivity contribution is 0.421. The van der Waals surface area contributed by atoms with Crippen LogP contribution in [-0.4, -0.2) is 4.98 Å². The largest absolute Gasteiger partial charge is 0.453 e. The second kappa shape index (κ2) is 13.1. The van der Waals surface area contributed by atoms with Crippen molar-refractivity contribution >= 4 is 56.1 Å². The van der Waals surface area contributed by atoms with E-state index in [-0.39, 0.29) is 0 Å². The number of anilines is 5. The first kappa shape index (κ1) is 32.8. The maximum atomic E-state index is 6.48. The smallest absolute Gasteiger partial charge is 0.151 e. The van der Waals surface area contributed by atoms with Gasteiger partial charge < -0.3 is 19.3 Å². The lowest BCUT2D eigenvalue weighted by atomic mass is 9.85. The highest BCUT2D eigenvalue weighted by molar-refractivity contribution is 6.22. The Morgan fingerprint density at radius 1 is 0.483 bits per heavy atom. The number of aromatic nitrogens is 1. The van der Waals surface area contributed by atoms with Crippen molar-refractivity contribution in [2.45, 2.75) is 25.7 Å². The molecule has 0 spiro atoms. The Labute approximate surface area is 337 Å². The fourth-order valence-electron chi connectivity index (χ4n) is 9.38. The topological polar surface area (TPSA) is 37.8 Å². The van der Waals surface area contributed by atoms with Gasteiger partial charge in [-0.25, -0.2) is 0 Å². The van der Waals surface area contributed by atoms with Crippen molar-refractivity contribution in [1.82, 2.24) is 4.98 Å². The second-order valence-electron chi connectivity index (χ2n) is 15.3. The van der Waals surface area contributed by atoms with Crippen LogP contribution in [0.3, 0.4) is 0 Å². The molecule has 2 aliphatic heterocycles. The van der Waals surface area contributed by atoms with Crippen LogP contribution in [0.5, 0.6) is 17.2 Å². The Bertz CT molecular complexity index is 3040. The number of para-hydroxylation sites is 6. The third-order valence-electron chi connectivity index (χ3n) is 12.0. The van der Waals surface area contributed by atoms with E-state index < -0.39 is 0 Å². The minimum Gasteiger partial charge on any atom is -0.453 e. The fourth-order valence-corrected chi connectivity index (χ4v) is 9.38. The molecular formula is C53H37N3O2. The van der Waals surface area contributed by atoms with E-state index in [0.717, 1.165) is 99.2 Å². The number of nitrogens with zero attached hydrogens (tertiary/aromatic N) is 3. The molecule has 276 valence electrons. The van der Waals surface area contributed by atoms with Crippen molar-refractivity contribution in [3.63, 3.8) is 0 Å². The minimum absolute atomic E-state index is 0.834. The van der Waals surface area contributed by atoms with Crippen LogP contribution in [-0.2, 0) is 6.42 Å². The Morgan fingerprint density at radius 2 is 1.10 bits per heavy atom. The summed E-state index contributed by atoms with van der Waals surface area (Å²) >= 11 is 0. The van der Waals surface area contributed by atoms with Crippen molar-refractivity contribution in [3.8, 4) is 39.6 Å². The number of pyridine rings is 1. The monoisotopic (exact) mass is 747 g/mol. The van der Waals surface area contributed by atoms with Crippen molar-refractivity contribution in [1.29, 1.82) is 0 Å².